The van der Waals surface area contributed by atoms with Gasteiger partial charge in [-0.3, -0.25) is 91.1 Å². The lowest BCUT2D eigenvalue weighted by Gasteiger charge is -2.28. The maximum absolute atomic E-state index is 14.8. The zero-order valence-electron chi connectivity index (χ0n) is 74.7. The molecule has 0 spiro atoms. The van der Waals surface area contributed by atoms with Gasteiger partial charge in [0.15, 0.2) is 34.7 Å². The summed E-state index contributed by atoms with van der Waals surface area (Å²) in [5, 5.41) is 111. The molecule has 1 heterocycles. The molecule has 130 heavy (non-hydrogen) atoms. The van der Waals surface area contributed by atoms with E-state index in [9.17, 15) is 137 Å². The number of ketones is 8. The molecule has 0 aromatic heterocycles. The Balaban J connectivity index is 1.53. The lowest BCUT2D eigenvalue weighted by atomic mass is 9.85. The van der Waals surface area contributed by atoms with Gasteiger partial charge in [-0.15, -0.1) is 11.8 Å². The average molecular weight is 1860 g/mol. The number of nitrogens with zero attached hydrogens (tertiary/aromatic N) is 1. The van der Waals surface area contributed by atoms with Crippen molar-refractivity contribution in [1.82, 2.24) is 42.1 Å². The Morgan fingerprint density at radius 3 is 1.45 bits per heavy atom. The SMILES string of the molecule is CC[C@H](C)[C@H](NC(=O)[C@H](CO)CC(=O)[C@H](Cc1ccc(O)cc1)NC(=O)[C@H](CC(=O)O)CC(=O)[C@H](CO)NC(=O)[C@@H](CC(=O)[C@H](Cc1ccccc1)NC(=O)[C@@H](CC(=O)CNC(=O)[C@H](CCC(=O)O)CC(=O)CSCC(=O)CCCN1CCSC1=O)[C@@H](C)O)[C@@H](C)O)C(=O)C[C@@H](Cc1ccc(O)cc1)C(=O)N[C@@H](CC(C)C)C(=O)C[C@@H](CC(=O)O)C(=O)N[C@H](C)CCCCN. The number of nitrogens with two attached hydrogens (primary N) is 1. The van der Waals surface area contributed by atoms with Crippen molar-refractivity contribution in [1.29, 1.82) is 0 Å². The number of aliphatic carboxylic acids is 3. The summed E-state index contributed by atoms with van der Waals surface area (Å²) in [6, 6.07) is 10.5. The molecule has 1 aliphatic heterocycles. The molecule has 0 radical (unpaired) electrons. The predicted molar refractivity (Wildman–Crippen MR) is 478 cm³/mol. The number of benzene rings is 3. The molecular formula is C91H129N9O28S2. The summed E-state index contributed by atoms with van der Waals surface area (Å²) in [5.41, 5.74) is 6.78. The molecule has 1 saturated heterocycles. The van der Waals surface area contributed by atoms with Crippen LogP contribution in [0, 0.1) is 53.3 Å². The summed E-state index contributed by atoms with van der Waals surface area (Å²) >= 11 is 2.20. The van der Waals surface area contributed by atoms with Crippen LogP contribution >= 0.6 is 23.5 Å². The standard InChI is InChI=1S/C91H129N9O28S2/c1-8-52(4)83(79(114)40-60(34-57-19-24-64(105)25-20-57)86(123)95-71(33-51(2)3)75(110)38-61(42-81(117)118)85(122)94-53(5)15-12-13-29-92)99-88(125)63(47-101)41-76(111)72(36-58-21-26-65(106)27-22-58)96-87(124)62(43-82(119)120)39-77(112)74(48-102)98-90(127)70(55(7)104)45-78(113)73(35-56-16-10-9-11-17-56)97-89(126)69(54(6)103)44-67(108)46-93-84(121)59(23-28-80(115)116)37-68(109)50-129-49-66(107)18-14-30-100-31-32-130-91(100)128/h9-11,16-17,19-22,24-27,51-55,59-63,69-74,83,101-106H,8,12-15,18,23,28-50,92H2,1-7H3,(H,93,121)(H,94,122)(H,95,123)(H,96,124)(H,97,126)(H,98,127)(H,99,125)(H,115,116)(H,117,118)(H,119,120)/t52-,53+,54+,55+,59+,60+,61-,62-,63-,69-,70-,71-,72-,73-,74-,83-/m0/s1. The lowest BCUT2D eigenvalue weighted by Crippen LogP contribution is -2.52. The molecule has 0 unspecified atom stereocenters. The molecule has 4 rings (SSSR count). The maximum atomic E-state index is 14.8. The molecule has 37 nitrogen and oxygen atoms in total. The average Bonchev–Trinajstić information content (AvgIpc) is 1.82. The molecule has 0 bridgehead atoms. The van der Waals surface area contributed by atoms with Crippen LogP contribution in [0.2, 0.25) is 0 Å². The molecule has 39 heteroatoms. The van der Waals surface area contributed by atoms with E-state index in [0.29, 0.717) is 62.2 Å². The van der Waals surface area contributed by atoms with Crippen molar-refractivity contribution >= 4 is 134 Å². The molecular weight excluding hydrogens is 1730 g/mol. The Hall–Kier alpha value is -10.7. The van der Waals surface area contributed by atoms with Gasteiger partial charge >= 0.3 is 17.9 Å². The number of hydrogen-bond acceptors (Lipinski definition) is 28. The number of carboxylic acid groups (broad SMARTS) is 3. The number of carboxylic acids is 3. The number of hydrogen-bond donors (Lipinski definition) is 17. The molecule has 3 aromatic rings. The smallest absolute Gasteiger partial charge is 0.304 e. The number of phenols is 2. The number of carbonyl (C=O) groups excluding carboxylic acids is 16. The van der Waals surface area contributed by atoms with E-state index in [2.05, 4.69) is 37.2 Å². The van der Waals surface area contributed by atoms with Gasteiger partial charge in [-0.05, 0) is 131 Å². The van der Waals surface area contributed by atoms with Crippen molar-refractivity contribution in [2.24, 2.45) is 59.0 Å². The van der Waals surface area contributed by atoms with Gasteiger partial charge in [0.25, 0.3) is 5.24 Å². The van der Waals surface area contributed by atoms with E-state index < -0.39 is 280 Å². The van der Waals surface area contributed by atoms with Crippen LogP contribution in [-0.2, 0) is 106 Å². The molecule has 0 saturated carbocycles. The van der Waals surface area contributed by atoms with Gasteiger partial charge in [0.1, 0.15) is 29.1 Å². The van der Waals surface area contributed by atoms with Crippen molar-refractivity contribution < 1.29 is 137 Å². The Labute approximate surface area is 764 Å². The van der Waals surface area contributed by atoms with Crippen molar-refractivity contribution in [2.75, 3.05) is 56.7 Å². The Kier molecular flexibility index (Phi) is 49.9. The van der Waals surface area contributed by atoms with Gasteiger partial charge in [-0.1, -0.05) is 107 Å². The summed E-state index contributed by atoms with van der Waals surface area (Å²) in [6.45, 7) is 9.19. The van der Waals surface area contributed by atoms with Crippen LogP contribution < -0.4 is 43.0 Å². The van der Waals surface area contributed by atoms with Gasteiger partial charge in [-0.25, -0.2) is 0 Å². The zero-order chi connectivity index (χ0) is 97.0. The molecule has 16 atom stereocenters. The first-order valence-corrected chi connectivity index (χ1v) is 45.9. The molecule has 8 amide bonds. The van der Waals surface area contributed by atoms with E-state index in [4.69, 9.17) is 5.73 Å². The second-order valence-corrected chi connectivity index (χ2v) is 35.9. The third-order valence-corrected chi connectivity index (χ3v) is 24.4. The number of carbonyl (C=O) groups is 19. The summed E-state index contributed by atoms with van der Waals surface area (Å²) in [5.74, 6) is -29.0. The highest BCUT2D eigenvalue weighted by molar-refractivity contribution is 8.13. The minimum absolute atomic E-state index is 0.0260. The first-order chi connectivity index (χ1) is 61.4. The molecule has 3 aromatic carbocycles. The second-order valence-electron chi connectivity index (χ2n) is 33.8. The summed E-state index contributed by atoms with van der Waals surface area (Å²) in [7, 11) is 0. The van der Waals surface area contributed by atoms with Crippen LogP contribution in [0.25, 0.3) is 0 Å². The quantitative estimate of drug-likeness (QED) is 0.0361. The van der Waals surface area contributed by atoms with Crippen LogP contribution in [0.3, 0.4) is 0 Å². The number of unbranched alkanes of at least 4 members (excludes halogenated alkanes) is 1. The van der Waals surface area contributed by atoms with Crippen LogP contribution in [-0.4, -0.2) is 267 Å². The largest absolute Gasteiger partial charge is 0.508 e. The fourth-order valence-electron chi connectivity index (χ4n) is 14.6. The van der Waals surface area contributed by atoms with Gasteiger partial charge in [0.2, 0.25) is 41.4 Å². The number of aliphatic hydroxyl groups is 4. The minimum Gasteiger partial charge on any atom is -0.508 e. The fraction of sp³-hybridized carbons (Fsp3) is 0.593. The van der Waals surface area contributed by atoms with Crippen molar-refractivity contribution in [3.05, 3.63) is 95.6 Å². The topological polar surface area (TPSA) is 620 Å². The van der Waals surface area contributed by atoms with Crippen molar-refractivity contribution in [2.45, 2.75) is 232 Å². The number of thioether (sulfide) groups is 2. The molecule has 18 N–H and O–H groups in total. The highest BCUT2D eigenvalue weighted by Crippen LogP contribution is 2.27. The molecule has 0 aliphatic carbocycles. The van der Waals surface area contributed by atoms with E-state index in [1.54, 1.807) is 69.9 Å². The molecule has 1 aliphatic rings. The Bertz CT molecular complexity index is 4330. The van der Waals surface area contributed by atoms with Crippen LogP contribution in [0.1, 0.15) is 181 Å². The van der Waals surface area contributed by atoms with E-state index in [1.165, 1.54) is 60.3 Å². The van der Waals surface area contributed by atoms with Gasteiger partial charge < -0.3 is 93.8 Å². The lowest BCUT2D eigenvalue weighted by molar-refractivity contribution is -0.143. The number of rotatable bonds is 67. The van der Waals surface area contributed by atoms with Gasteiger partial charge in [0, 0.05) is 94.5 Å². The number of Topliss-reactive ketones (excluding diaryl/α,β-unsaturated/α-hetero) is 8. The number of nitrogens with one attached hydrogen (secondary N) is 7. The summed E-state index contributed by atoms with van der Waals surface area (Å²) in [4.78, 5) is 261. The number of phenolic OH excluding ortho intramolecular Hbond substituents is 2. The normalized spacial score (nSPS) is 15.7. The van der Waals surface area contributed by atoms with Gasteiger partial charge in [0.05, 0.1) is 110 Å². The van der Waals surface area contributed by atoms with E-state index in [-0.39, 0.29) is 90.1 Å². The Morgan fingerprint density at radius 2 is 0.931 bits per heavy atom. The predicted octanol–water partition coefficient (Wildman–Crippen LogP) is 3.23. The Morgan fingerprint density at radius 1 is 0.454 bits per heavy atom. The maximum Gasteiger partial charge on any atom is 0.304 e. The summed E-state index contributed by atoms with van der Waals surface area (Å²) < 4.78 is 0. The number of aromatic hydroxyl groups is 2. The fourth-order valence-corrected chi connectivity index (χ4v) is 16.3. The minimum atomic E-state index is -1.99. The highest BCUT2D eigenvalue weighted by atomic mass is 32.2. The second kappa shape index (κ2) is 58.1. The van der Waals surface area contributed by atoms with Crippen molar-refractivity contribution in [3.63, 3.8) is 0 Å². The third kappa shape index (κ3) is 41.2. The zero-order valence-corrected chi connectivity index (χ0v) is 76.3. The molecule has 1 fully saturated rings. The van der Waals surface area contributed by atoms with Crippen molar-refractivity contribution in [3.8, 4) is 11.5 Å². The van der Waals surface area contributed by atoms with Crippen LogP contribution in [0.5, 0.6) is 11.5 Å². The number of amides is 8. The van der Waals surface area contributed by atoms with E-state index >= 15 is 0 Å². The highest BCUT2D eigenvalue weighted by Gasteiger charge is 2.41. The first kappa shape index (κ1) is 112. The van der Waals surface area contributed by atoms with Crippen LogP contribution in [0.4, 0.5) is 4.79 Å². The third-order valence-electron chi connectivity index (χ3n) is 22.4. The summed E-state index contributed by atoms with van der Waals surface area (Å²) in [6.07, 6.45) is -9.45. The first-order valence-electron chi connectivity index (χ1n) is 43.8. The van der Waals surface area contributed by atoms with E-state index in [1.807, 2.05) is 0 Å². The number of aliphatic hydroxyl groups excluding tert-OH is 4. The van der Waals surface area contributed by atoms with Crippen LogP contribution in [0.15, 0.2) is 78.9 Å². The van der Waals surface area contributed by atoms with Gasteiger partial charge in [-0.2, -0.15) is 0 Å². The monoisotopic (exact) mass is 1860 g/mol. The molecule has 718 valence electrons. The van der Waals surface area contributed by atoms with E-state index in [0.717, 1.165) is 25.6 Å².